The van der Waals surface area contributed by atoms with Gasteiger partial charge in [0.05, 0.1) is 0 Å². The molecule has 0 aliphatic rings. The Morgan fingerprint density at radius 1 is 1.15 bits per heavy atom. The van der Waals surface area contributed by atoms with Crippen molar-refractivity contribution in [2.45, 2.75) is 19.4 Å². The summed E-state index contributed by atoms with van der Waals surface area (Å²) < 4.78 is 13.1. The highest BCUT2D eigenvalue weighted by molar-refractivity contribution is 6.31. The standard InChI is InChI=1S/C16H16Cl2FN/c1-10-7-12(17)4-6-14(10)16(20-2)8-11-3-5-13(19)9-15(11)18/h3-7,9,16,20H,8H2,1-2H3. The molecule has 0 amide bonds. The first kappa shape index (κ1) is 15.3. The molecule has 0 heterocycles. The molecule has 1 nitrogen and oxygen atoms in total. The number of aryl methyl sites for hydroxylation is 1. The molecule has 0 radical (unpaired) electrons. The largest absolute Gasteiger partial charge is 0.313 e. The summed E-state index contributed by atoms with van der Waals surface area (Å²) in [6.07, 6.45) is 0.693. The molecule has 1 unspecified atom stereocenters. The Kier molecular flexibility index (Phi) is 5.03. The van der Waals surface area contributed by atoms with Gasteiger partial charge in [0, 0.05) is 16.1 Å². The van der Waals surface area contributed by atoms with E-state index in [9.17, 15) is 4.39 Å². The molecule has 2 aromatic carbocycles. The van der Waals surface area contributed by atoms with Crippen LogP contribution in [0.15, 0.2) is 36.4 Å². The number of likely N-dealkylation sites (N-methyl/N-ethyl adjacent to an activating group) is 1. The number of hydrogen-bond acceptors (Lipinski definition) is 1. The van der Waals surface area contributed by atoms with Crippen molar-refractivity contribution in [1.82, 2.24) is 5.32 Å². The van der Waals surface area contributed by atoms with Gasteiger partial charge in [-0.3, -0.25) is 0 Å². The zero-order valence-corrected chi connectivity index (χ0v) is 12.9. The van der Waals surface area contributed by atoms with Crippen LogP contribution in [0, 0.1) is 12.7 Å². The predicted octanol–water partition coefficient (Wildman–Crippen LogP) is 4.94. The van der Waals surface area contributed by atoms with Crippen molar-refractivity contribution < 1.29 is 4.39 Å². The van der Waals surface area contributed by atoms with E-state index in [-0.39, 0.29) is 11.9 Å². The fraction of sp³-hybridized carbons (Fsp3) is 0.250. The maximum absolute atomic E-state index is 13.1. The van der Waals surface area contributed by atoms with Gasteiger partial charge >= 0.3 is 0 Å². The Balaban J connectivity index is 2.28. The van der Waals surface area contributed by atoms with E-state index in [2.05, 4.69) is 5.32 Å². The van der Waals surface area contributed by atoms with Crippen molar-refractivity contribution in [3.8, 4) is 0 Å². The van der Waals surface area contributed by atoms with Crippen LogP contribution in [-0.2, 0) is 6.42 Å². The highest BCUT2D eigenvalue weighted by Gasteiger charge is 2.14. The van der Waals surface area contributed by atoms with Gasteiger partial charge in [0.25, 0.3) is 0 Å². The van der Waals surface area contributed by atoms with Gasteiger partial charge in [0.15, 0.2) is 0 Å². The van der Waals surface area contributed by atoms with E-state index in [1.807, 2.05) is 32.2 Å². The molecule has 0 fully saturated rings. The van der Waals surface area contributed by atoms with Crippen LogP contribution in [0.4, 0.5) is 4.39 Å². The van der Waals surface area contributed by atoms with Gasteiger partial charge in [-0.25, -0.2) is 4.39 Å². The van der Waals surface area contributed by atoms with Gasteiger partial charge in [-0.05, 0) is 61.3 Å². The molecule has 0 saturated carbocycles. The number of rotatable bonds is 4. The number of benzene rings is 2. The van der Waals surface area contributed by atoms with Crippen LogP contribution in [-0.4, -0.2) is 7.05 Å². The monoisotopic (exact) mass is 311 g/mol. The summed E-state index contributed by atoms with van der Waals surface area (Å²) >= 11 is 12.1. The van der Waals surface area contributed by atoms with Gasteiger partial charge in [-0.2, -0.15) is 0 Å². The molecule has 106 valence electrons. The first-order valence-electron chi connectivity index (χ1n) is 6.38. The molecular formula is C16H16Cl2FN. The highest BCUT2D eigenvalue weighted by Crippen LogP contribution is 2.27. The maximum atomic E-state index is 13.1. The predicted molar refractivity (Wildman–Crippen MR) is 83.1 cm³/mol. The average molecular weight is 312 g/mol. The lowest BCUT2D eigenvalue weighted by Gasteiger charge is -2.20. The van der Waals surface area contributed by atoms with E-state index in [4.69, 9.17) is 23.2 Å². The van der Waals surface area contributed by atoms with Crippen molar-refractivity contribution in [2.75, 3.05) is 7.05 Å². The van der Waals surface area contributed by atoms with Crippen molar-refractivity contribution in [1.29, 1.82) is 0 Å². The van der Waals surface area contributed by atoms with Crippen LogP contribution in [0.2, 0.25) is 10.0 Å². The summed E-state index contributed by atoms with van der Waals surface area (Å²) in [6, 6.07) is 10.4. The van der Waals surface area contributed by atoms with Crippen LogP contribution in [0.3, 0.4) is 0 Å². The molecule has 1 atom stereocenters. The van der Waals surface area contributed by atoms with Crippen molar-refractivity contribution in [3.63, 3.8) is 0 Å². The third-order valence-electron chi connectivity index (χ3n) is 3.39. The minimum absolute atomic E-state index is 0.107. The Hall–Kier alpha value is -1.09. The quantitative estimate of drug-likeness (QED) is 0.843. The van der Waals surface area contributed by atoms with E-state index >= 15 is 0 Å². The third-order valence-corrected chi connectivity index (χ3v) is 3.98. The van der Waals surface area contributed by atoms with Crippen molar-refractivity contribution >= 4 is 23.2 Å². The molecule has 0 aliphatic carbocycles. The molecule has 0 saturated heterocycles. The normalized spacial score (nSPS) is 12.4. The fourth-order valence-electron chi connectivity index (χ4n) is 2.30. The Morgan fingerprint density at radius 2 is 1.90 bits per heavy atom. The lowest BCUT2D eigenvalue weighted by molar-refractivity contribution is 0.586. The number of halogens is 3. The average Bonchev–Trinajstić information content (AvgIpc) is 2.39. The molecule has 1 N–H and O–H groups in total. The van der Waals surface area contributed by atoms with Crippen LogP contribution in [0.1, 0.15) is 22.7 Å². The lowest BCUT2D eigenvalue weighted by Crippen LogP contribution is -2.20. The molecule has 0 spiro atoms. The van der Waals surface area contributed by atoms with Crippen molar-refractivity contribution in [3.05, 3.63) is 69.0 Å². The summed E-state index contributed by atoms with van der Waals surface area (Å²) in [6.45, 7) is 2.03. The van der Waals surface area contributed by atoms with Crippen LogP contribution in [0.5, 0.6) is 0 Å². The highest BCUT2D eigenvalue weighted by atomic mass is 35.5. The molecule has 0 bridgehead atoms. The van der Waals surface area contributed by atoms with Gasteiger partial charge in [0.1, 0.15) is 5.82 Å². The summed E-state index contributed by atoms with van der Waals surface area (Å²) in [5, 5.41) is 4.45. The zero-order chi connectivity index (χ0) is 14.7. The molecule has 0 aliphatic heterocycles. The summed E-state index contributed by atoms with van der Waals surface area (Å²) in [5.74, 6) is -0.317. The van der Waals surface area contributed by atoms with E-state index in [0.29, 0.717) is 11.4 Å². The first-order chi connectivity index (χ1) is 9.51. The molecule has 20 heavy (non-hydrogen) atoms. The van der Waals surface area contributed by atoms with Gasteiger partial charge < -0.3 is 5.32 Å². The smallest absolute Gasteiger partial charge is 0.124 e. The topological polar surface area (TPSA) is 12.0 Å². The number of hydrogen-bond donors (Lipinski definition) is 1. The van der Waals surface area contributed by atoms with Crippen molar-refractivity contribution in [2.24, 2.45) is 0 Å². The van der Waals surface area contributed by atoms with Gasteiger partial charge in [-0.1, -0.05) is 35.3 Å². The Bertz CT molecular complexity index is 613. The molecule has 0 aromatic heterocycles. The molecule has 4 heteroatoms. The van der Waals surface area contributed by atoms with E-state index in [0.717, 1.165) is 21.7 Å². The number of nitrogens with one attached hydrogen (secondary N) is 1. The molecular weight excluding hydrogens is 296 g/mol. The second-order valence-electron chi connectivity index (χ2n) is 4.78. The van der Waals surface area contributed by atoms with E-state index in [1.165, 1.54) is 12.1 Å². The van der Waals surface area contributed by atoms with Crippen LogP contribution >= 0.6 is 23.2 Å². The minimum Gasteiger partial charge on any atom is -0.313 e. The Morgan fingerprint density at radius 3 is 2.50 bits per heavy atom. The third kappa shape index (κ3) is 3.51. The second-order valence-corrected chi connectivity index (χ2v) is 5.63. The fourth-order valence-corrected chi connectivity index (χ4v) is 2.78. The van der Waals surface area contributed by atoms with E-state index in [1.54, 1.807) is 6.07 Å². The summed E-state index contributed by atoms with van der Waals surface area (Å²) in [7, 11) is 1.90. The molecule has 2 rings (SSSR count). The van der Waals surface area contributed by atoms with Crippen LogP contribution in [0.25, 0.3) is 0 Å². The van der Waals surface area contributed by atoms with Gasteiger partial charge in [-0.15, -0.1) is 0 Å². The first-order valence-corrected chi connectivity index (χ1v) is 7.14. The Labute approximate surface area is 128 Å². The zero-order valence-electron chi connectivity index (χ0n) is 11.4. The molecule has 2 aromatic rings. The lowest BCUT2D eigenvalue weighted by atomic mass is 9.95. The SMILES string of the molecule is CNC(Cc1ccc(F)cc1Cl)c1ccc(Cl)cc1C. The van der Waals surface area contributed by atoms with Crippen LogP contribution < -0.4 is 5.32 Å². The minimum atomic E-state index is -0.317. The van der Waals surface area contributed by atoms with E-state index < -0.39 is 0 Å². The summed E-state index contributed by atoms with van der Waals surface area (Å²) in [4.78, 5) is 0. The maximum Gasteiger partial charge on any atom is 0.124 e. The van der Waals surface area contributed by atoms with Gasteiger partial charge in [0.2, 0.25) is 0 Å². The summed E-state index contributed by atoms with van der Waals surface area (Å²) in [5.41, 5.74) is 3.20. The second kappa shape index (κ2) is 6.57.